The van der Waals surface area contributed by atoms with E-state index in [1.807, 2.05) is 6.92 Å². The number of hydrogen-bond donors (Lipinski definition) is 2. The summed E-state index contributed by atoms with van der Waals surface area (Å²) < 4.78 is 18.2. The van der Waals surface area contributed by atoms with Crippen molar-refractivity contribution in [1.29, 1.82) is 0 Å². The lowest BCUT2D eigenvalue weighted by Gasteiger charge is -2.18. The third kappa shape index (κ3) is 3.95. The Kier molecular flexibility index (Phi) is 4.98. The predicted octanol–water partition coefficient (Wildman–Crippen LogP) is 3.28. The molecule has 2 unspecified atom stereocenters. The van der Waals surface area contributed by atoms with Crippen LogP contribution in [0, 0.1) is 19.7 Å². The van der Waals surface area contributed by atoms with Gasteiger partial charge in [0.15, 0.2) is 5.76 Å². The monoisotopic (exact) mass is 305 g/mol. The fourth-order valence-corrected chi connectivity index (χ4v) is 2.37. The molecule has 0 saturated carbocycles. The first-order chi connectivity index (χ1) is 10.4. The first-order valence-electron chi connectivity index (χ1n) is 7.18. The van der Waals surface area contributed by atoms with Crippen LogP contribution in [0.1, 0.15) is 46.9 Å². The van der Waals surface area contributed by atoms with Crippen LogP contribution in [0.3, 0.4) is 0 Å². The number of carbonyl (C=O) groups is 1. The summed E-state index contributed by atoms with van der Waals surface area (Å²) in [5.74, 6) is 0.327. The van der Waals surface area contributed by atoms with Gasteiger partial charge in [0.05, 0.1) is 6.10 Å². The van der Waals surface area contributed by atoms with Gasteiger partial charge >= 0.3 is 0 Å². The van der Waals surface area contributed by atoms with Gasteiger partial charge in [-0.1, -0.05) is 12.1 Å². The number of furan rings is 1. The van der Waals surface area contributed by atoms with Crippen LogP contribution in [0.15, 0.2) is 34.7 Å². The van der Waals surface area contributed by atoms with Crippen LogP contribution in [-0.4, -0.2) is 17.1 Å². The Labute approximate surface area is 129 Å². The summed E-state index contributed by atoms with van der Waals surface area (Å²) >= 11 is 0. The zero-order valence-corrected chi connectivity index (χ0v) is 12.9. The van der Waals surface area contributed by atoms with E-state index in [9.17, 15) is 14.3 Å². The van der Waals surface area contributed by atoms with E-state index in [0.29, 0.717) is 23.5 Å². The van der Waals surface area contributed by atoms with Crippen molar-refractivity contribution in [3.05, 3.63) is 58.8 Å². The Bertz CT molecular complexity index is 648. The van der Waals surface area contributed by atoms with Crippen molar-refractivity contribution in [3.8, 4) is 0 Å². The van der Waals surface area contributed by atoms with Crippen molar-refractivity contribution in [2.75, 3.05) is 0 Å². The molecule has 0 aliphatic carbocycles. The summed E-state index contributed by atoms with van der Waals surface area (Å²) in [4.78, 5) is 12.1. The standard InChI is InChI=1S/C17H20FNO3/c1-10-8-12(3)22-16(10)17(21)19-11(2)9-15(20)13-4-6-14(18)7-5-13/h4-8,11,15,20H,9H2,1-3H3,(H,19,21). The third-order valence-electron chi connectivity index (χ3n) is 3.46. The van der Waals surface area contributed by atoms with E-state index in [1.54, 1.807) is 19.9 Å². The van der Waals surface area contributed by atoms with Gasteiger partial charge in [0.1, 0.15) is 11.6 Å². The Morgan fingerprint density at radius 1 is 1.32 bits per heavy atom. The number of rotatable bonds is 5. The van der Waals surface area contributed by atoms with Crippen molar-refractivity contribution in [3.63, 3.8) is 0 Å². The average molecular weight is 305 g/mol. The molecule has 2 N–H and O–H groups in total. The van der Waals surface area contributed by atoms with E-state index >= 15 is 0 Å². The predicted molar refractivity (Wildman–Crippen MR) is 81.1 cm³/mol. The quantitative estimate of drug-likeness (QED) is 0.891. The highest BCUT2D eigenvalue weighted by molar-refractivity contribution is 5.93. The molecule has 1 amide bonds. The molecule has 0 bridgehead atoms. The molecule has 0 aliphatic rings. The van der Waals surface area contributed by atoms with Gasteiger partial charge in [0.2, 0.25) is 0 Å². The second-order valence-corrected chi connectivity index (χ2v) is 5.55. The normalized spacial score (nSPS) is 13.7. The minimum atomic E-state index is -0.768. The minimum Gasteiger partial charge on any atom is -0.456 e. The van der Waals surface area contributed by atoms with Crippen LogP contribution < -0.4 is 5.32 Å². The van der Waals surface area contributed by atoms with Crippen molar-refractivity contribution < 1.29 is 18.7 Å². The Morgan fingerprint density at radius 3 is 2.50 bits per heavy atom. The number of benzene rings is 1. The summed E-state index contributed by atoms with van der Waals surface area (Å²) in [6.45, 7) is 5.39. The molecule has 0 saturated heterocycles. The van der Waals surface area contributed by atoms with Crippen LogP contribution in [-0.2, 0) is 0 Å². The molecule has 0 spiro atoms. The van der Waals surface area contributed by atoms with E-state index in [0.717, 1.165) is 5.56 Å². The highest BCUT2D eigenvalue weighted by Crippen LogP contribution is 2.19. The molecule has 0 aliphatic heterocycles. The van der Waals surface area contributed by atoms with Gasteiger partial charge in [-0.2, -0.15) is 0 Å². The Hall–Kier alpha value is -2.14. The molecule has 2 aromatic rings. The van der Waals surface area contributed by atoms with Gasteiger partial charge in [-0.15, -0.1) is 0 Å². The number of nitrogens with one attached hydrogen (secondary N) is 1. The van der Waals surface area contributed by atoms with Crippen molar-refractivity contribution in [1.82, 2.24) is 5.32 Å². The third-order valence-corrected chi connectivity index (χ3v) is 3.46. The molecule has 1 aromatic heterocycles. The number of aliphatic hydroxyl groups excluding tert-OH is 1. The van der Waals surface area contributed by atoms with Crippen molar-refractivity contribution >= 4 is 5.91 Å². The molecule has 1 heterocycles. The van der Waals surface area contributed by atoms with Crippen LogP contribution in [0.5, 0.6) is 0 Å². The lowest BCUT2D eigenvalue weighted by Crippen LogP contribution is -2.33. The fraction of sp³-hybridized carbons (Fsp3) is 0.353. The molecule has 0 radical (unpaired) electrons. The minimum absolute atomic E-state index is 0.252. The number of hydrogen-bond acceptors (Lipinski definition) is 3. The van der Waals surface area contributed by atoms with E-state index < -0.39 is 6.10 Å². The lowest BCUT2D eigenvalue weighted by molar-refractivity contribution is 0.0887. The van der Waals surface area contributed by atoms with Crippen LogP contribution >= 0.6 is 0 Å². The molecule has 2 rings (SSSR count). The molecule has 1 aromatic carbocycles. The topological polar surface area (TPSA) is 62.5 Å². The lowest BCUT2D eigenvalue weighted by atomic mass is 10.0. The second-order valence-electron chi connectivity index (χ2n) is 5.55. The zero-order valence-electron chi connectivity index (χ0n) is 12.9. The van der Waals surface area contributed by atoms with Gasteiger partial charge in [0, 0.05) is 11.6 Å². The van der Waals surface area contributed by atoms with E-state index in [2.05, 4.69) is 5.32 Å². The first-order valence-corrected chi connectivity index (χ1v) is 7.18. The van der Waals surface area contributed by atoms with E-state index in [1.165, 1.54) is 24.3 Å². The smallest absolute Gasteiger partial charge is 0.287 e. The maximum atomic E-state index is 12.9. The van der Waals surface area contributed by atoms with Crippen molar-refractivity contribution in [2.24, 2.45) is 0 Å². The molecule has 0 fully saturated rings. The number of carbonyl (C=O) groups excluding carboxylic acids is 1. The molecule has 118 valence electrons. The number of aryl methyl sites for hydroxylation is 2. The van der Waals surface area contributed by atoms with Gasteiger partial charge in [0.25, 0.3) is 5.91 Å². The Balaban J connectivity index is 1.94. The van der Waals surface area contributed by atoms with Crippen LogP contribution in [0.4, 0.5) is 4.39 Å². The number of halogens is 1. The largest absolute Gasteiger partial charge is 0.456 e. The molecule has 4 nitrogen and oxygen atoms in total. The van der Waals surface area contributed by atoms with Gasteiger partial charge in [-0.05, 0) is 51.0 Å². The second kappa shape index (κ2) is 6.75. The molecular formula is C17H20FNO3. The summed E-state index contributed by atoms with van der Waals surface area (Å²) in [7, 11) is 0. The average Bonchev–Trinajstić information content (AvgIpc) is 2.78. The molecule has 2 atom stereocenters. The maximum absolute atomic E-state index is 12.9. The van der Waals surface area contributed by atoms with Gasteiger partial charge in [-0.25, -0.2) is 4.39 Å². The van der Waals surface area contributed by atoms with Crippen LogP contribution in [0.2, 0.25) is 0 Å². The molecular weight excluding hydrogens is 285 g/mol. The SMILES string of the molecule is Cc1cc(C)c(C(=O)NC(C)CC(O)c2ccc(F)cc2)o1. The van der Waals surface area contributed by atoms with E-state index in [4.69, 9.17) is 4.42 Å². The first kappa shape index (κ1) is 16.2. The summed E-state index contributed by atoms with van der Waals surface area (Å²) in [5.41, 5.74) is 1.40. The zero-order chi connectivity index (χ0) is 16.3. The Morgan fingerprint density at radius 2 is 1.95 bits per heavy atom. The van der Waals surface area contributed by atoms with Gasteiger partial charge in [-0.3, -0.25) is 4.79 Å². The van der Waals surface area contributed by atoms with Crippen molar-refractivity contribution in [2.45, 2.75) is 39.3 Å². The number of aliphatic hydroxyl groups is 1. The van der Waals surface area contributed by atoms with Gasteiger partial charge < -0.3 is 14.8 Å². The highest BCUT2D eigenvalue weighted by Gasteiger charge is 2.19. The highest BCUT2D eigenvalue weighted by atomic mass is 19.1. The van der Waals surface area contributed by atoms with Crippen LogP contribution in [0.25, 0.3) is 0 Å². The van der Waals surface area contributed by atoms with E-state index in [-0.39, 0.29) is 17.8 Å². The molecule has 5 heteroatoms. The fourth-order valence-electron chi connectivity index (χ4n) is 2.37. The summed E-state index contributed by atoms with van der Waals surface area (Å²) in [6.07, 6.45) is -0.439. The summed E-state index contributed by atoms with van der Waals surface area (Å²) in [5, 5.41) is 12.9. The maximum Gasteiger partial charge on any atom is 0.287 e. The summed E-state index contributed by atoms with van der Waals surface area (Å²) in [6, 6.07) is 7.22. The molecule has 22 heavy (non-hydrogen) atoms. The number of amides is 1.